The van der Waals surface area contributed by atoms with E-state index in [2.05, 4.69) is 48.4 Å². The maximum Gasteiger partial charge on any atom is 0.0237 e. The molecule has 3 rings (SSSR count). The molecule has 0 amide bonds. The smallest absolute Gasteiger partial charge is 0.0237 e. The van der Waals surface area contributed by atoms with Gasteiger partial charge in [0, 0.05) is 13.1 Å². The predicted octanol–water partition coefficient (Wildman–Crippen LogP) is 2.50. The highest BCUT2D eigenvalue weighted by molar-refractivity contribution is 5.83. The molecule has 1 heteroatoms. The second-order valence-electron chi connectivity index (χ2n) is 4.41. The van der Waals surface area contributed by atoms with Crippen LogP contribution in [0, 0.1) is 0 Å². The first kappa shape index (κ1) is 8.93. The molecule has 1 nitrogen and oxygen atoms in total. The van der Waals surface area contributed by atoms with Crippen LogP contribution in [0.3, 0.4) is 0 Å². The number of rotatable bonds is 0. The summed E-state index contributed by atoms with van der Waals surface area (Å²) in [5.74, 6) is 0. The molecule has 0 aromatic heterocycles. The summed E-state index contributed by atoms with van der Waals surface area (Å²) in [4.78, 5) is 2.35. The molecule has 1 aliphatic heterocycles. The molecule has 0 bridgehead atoms. The third-order valence-electron chi connectivity index (χ3n) is 3.27. The molecule has 2 aliphatic rings. The Morgan fingerprint density at radius 3 is 2.93 bits per heavy atom. The van der Waals surface area contributed by atoms with E-state index in [1.54, 1.807) is 0 Å². The Bertz CT molecular complexity index is 454. The first-order chi connectivity index (χ1) is 7.34. The van der Waals surface area contributed by atoms with Crippen molar-refractivity contribution in [2.24, 2.45) is 0 Å². The van der Waals surface area contributed by atoms with Crippen molar-refractivity contribution in [2.45, 2.75) is 6.42 Å². The molecule has 1 heterocycles. The molecule has 0 fully saturated rings. The standard InChI is InChI=1S/C14H15N/c1-15-9-8-14-12(10-15)7-6-11-4-2-3-5-13(11)14/h2-5,7-8H,6,9-10H2,1H3. The van der Waals surface area contributed by atoms with Gasteiger partial charge in [0.05, 0.1) is 0 Å². The third kappa shape index (κ3) is 1.44. The topological polar surface area (TPSA) is 3.24 Å². The van der Waals surface area contributed by atoms with Crippen LogP contribution in [0.4, 0.5) is 0 Å². The number of nitrogens with zero attached hydrogens (tertiary/aromatic N) is 1. The Labute approximate surface area is 90.7 Å². The number of allylic oxidation sites excluding steroid dienone is 1. The van der Waals surface area contributed by atoms with Crippen molar-refractivity contribution < 1.29 is 0 Å². The van der Waals surface area contributed by atoms with Crippen LogP contribution >= 0.6 is 0 Å². The predicted molar refractivity (Wildman–Crippen MR) is 63.7 cm³/mol. The summed E-state index contributed by atoms with van der Waals surface area (Å²) in [6.07, 6.45) is 5.83. The number of likely N-dealkylation sites (N-methyl/N-ethyl adjacent to an activating group) is 1. The summed E-state index contributed by atoms with van der Waals surface area (Å²) in [6, 6.07) is 8.76. The average Bonchev–Trinajstić information content (AvgIpc) is 2.28. The van der Waals surface area contributed by atoms with E-state index in [9.17, 15) is 0 Å². The normalized spacial score (nSPS) is 20.1. The molecule has 0 atom stereocenters. The van der Waals surface area contributed by atoms with Crippen LogP contribution in [0.5, 0.6) is 0 Å². The van der Waals surface area contributed by atoms with Crippen LogP contribution in [0.1, 0.15) is 11.1 Å². The maximum atomic E-state index is 2.38. The van der Waals surface area contributed by atoms with Gasteiger partial charge in [0.15, 0.2) is 0 Å². The lowest BCUT2D eigenvalue weighted by molar-refractivity contribution is 0.399. The number of fused-ring (bicyclic) bond motifs is 3. The fourth-order valence-electron chi connectivity index (χ4n) is 2.47. The Balaban J connectivity index is 2.11. The molecule has 0 saturated carbocycles. The quantitative estimate of drug-likeness (QED) is 0.617. The van der Waals surface area contributed by atoms with Crippen molar-refractivity contribution in [3.05, 3.63) is 53.1 Å². The van der Waals surface area contributed by atoms with E-state index < -0.39 is 0 Å². The lowest BCUT2D eigenvalue weighted by atomic mass is 9.85. The van der Waals surface area contributed by atoms with Gasteiger partial charge in [-0.05, 0) is 35.7 Å². The van der Waals surface area contributed by atoms with E-state index in [0.29, 0.717) is 0 Å². The fraction of sp³-hybridized carbons (Fsp3) is 0.286. The van der Waals surface area contributed by atoms with Gasteiger partial charge in [0.25, 0.3) is 0 Å². The zero-order valence-electron chi connectivity index (χ0n) is 9.03. The molecule has 0 radical (unpaired) electrons. The number of benzene rings is 1. The van der Waals surface area contributed by atoms with Gasteiger partial charge in [0.1, 0.15) is 0 Å². The van der Waals surface area contributed by atoms with Crippen molar-refractivity contribution in [2.75, 3.05) is 20.1 Å². The van der Waals surface area contributed by atoms with E-state index in [4.69, 9.17) is 0 Å². The number of hydrogen-bond donors (Lipinski definition) is 0. The molecule has 0 spiro atoms. The van der Waals surface area contributed by atoms with Crippen molar-refractivity contribution in [3.63, 3.8) is 0 Å². The summed E-state index contributed by atoms with van der Waals surface area (Å²) in [5, 5.41) is 0. The van der Waals surface area contributed by atoms with Gasteiger partial charge in [-0.3, -0.25) is 4.90 Å². The zero-order chi connectivity index (χ0) is 10.3. The lowest BCUT2D eigenvalue weighted by Gasteiger charge is -2.29. The Morgan fingerprint density at radius 2 is 2.00 bits per heavy atom. The Hall–Kier alpha value is -1.34. The van der Waals surface area contributed by atoms with E-state index in [-0.39, 0.29) is 0 Å². The summed E-state index contributed by atoms with van der Waals surface area (Å²) in [5.41, 5.74) is 5.89. The average molecular weight is 197 g/mol. The fourth-order valence-corrected chi connectivity index (χ4v) is 2.47. The maximum absolute atomic E-state index is 2.38. The minimum atomic E-state index is 1.07. The van der Waals surface area contributed by atoms with Gasteiger partial charge < -0.3 is 0 Å². The molecular weight excluding hydrogens is 182 g/mol. The second kappa shape index (κ2) is 3.35. The summed E-state index contributed by atoms with van der Waals surface area (Å²) >= 11 is 0. The van der Waals surface area contributed by atoms with Crippen LogP contribution in [-0.2, 0) is 6.42 Å². The van der Waals surface area contributed by atoms with E-state index in [0.717, 1.165) is 19.5 Å². The van der Waals surface area contributed by atoms with Gasteiger partial charge >= 0.3 is 0 Å². The van der Waals surface area contributed by atoms with E-state index in [1.165, 1.54) is 22.3 Å². The second-order valence-corrected chi connectivity index (χ2v) is 4.41. The monoisotopic (exact) mass is 197 g/mol. The molecule has 0 N–H and O–H groups in total. The van der Waals surface area contributed by atoms with Crippen molar-refractivity contribution in [1.29, 1.82) is 0 Å². The van der Waals surface area contributed by atoms with Gasteiger partial charge in [0.2, 0.25) is 0 Å². The van der Waals surface area contributed by atoms with Crippen molar-refractivity contribution >= 4 is 5.57 Å². The van der Waals surface area contributed by atoms with Crippen LogP contribution < -0.4 is 0 Å². The van der Waals surface area contributed by atoms with Crippen LogP contribution in [0.25, 0.3) is 5.57 Å². The number of hydrogen-bond acceptors (Lipinski definition) is 1. The zero-order valence-corrected chi connectivity index (χ0v) is 9.03. The van der Waals surface area contributed by atoms with Crippen molar-refractivity contribution in [1.82, 2.24) is 4.90 Å². The van der Waals surface area contributed by atoms with E-state index in [1.807, 2.05) is 0 Å². The van der Waals surface area contributed by atoms with Gasteiger partial charge in [-0.15, -0.1) is 0 Å². The van der Waals surface area contributed by atoms with Gasteiger partial charge in [-0.1, -0.05) is 36.4 Å². The summed E-state index contributed by atoms with van der Waals surface area (Å²) < 4.78 is 0. The summed E-state index contributed by atoms with van der Waals surface area (Å²) in [6.45, 7) is 2.17. The lowest BCUT2D eigenvalue weighted by Crippen LogP contribution is -2.27. The molecule has 1 aromatic carbocycles. The molecule has 76 valence electrons. The highest BCUT2D eigenvalue weighted by Crippen LogP contribution is 2.33. The molecule has 0 saturated heterocycles. The van der Waals surface area contributed by atoms with Crippen LogP contribution in [-0.4, -0.2) is 25.0 Å². The van der Waals surface area contributed by atoms with Crippen LogP contribution in [0.15, 0.2) is 42.0 Å². The molecule has 15 heavy (non-hydrogen) atoms. The van der Waals surface area contributed by atoms with Crippen molar-refractivity contribution in [3.8, 4) is 0 Å². The SMILES string of the molecule is CN1CC=C2C(=CCc3ccccc32)C1. The molecule has 0 unspecified atom stereocenters. The third-order valence-corrected chi connectivity index (χ3v) is 3.27. The minimum absolute atomic E-state index is 1.07. The van der Waals surface area contributed by atoms with E-state index >= 15 is 0 Å². The molecule has 1 aromatic rings. The van der Waals surface area contributed by atoms with Gasteiger partial charge in [-0.2, -0.15) is 0 Å². The van der Waals surface area contributed by atoms with Gasteiger partial charge in [-0.25, -0.2) is 0 Å². The Kier molecular flexibility index (Phi) is 2.00. The highest BCUT2D eigenvalue weighted by atomic mass is 15.1. The van der Waals surface area contributed by atoms with Crippen LogP contribution in [0.2, 0.25) is 0 Å². The minimum Gasteiger partial charge on any atom is -0.298 e. The molecule has 1 aliphatic carbocycles. The highest BCUT2D eigenvalue weighted by Gasteiger charge is 2.20. The first-order valence-corrected chi connectivity index (χ1v) is 5.51. The Morgan fingerprint density at radius 1 is 1.13 bits per heavy atom. The largest absolute Gasteiger partial charge is 0.298 e. The summed E-state index contributed by atoms with van der Waals surface area (Å²) in [7, 11) is 2.18. The molecular formula is C14H15N. The first-order valence-electron chi connectivity index (χ1n) is 5.51.